The molecule has 2 heterocycles. The van der Waals surface area contributed by atoms with Gasteiger partial charge in [0, 0.05) is 23.4 Å². The summed E-state index contributed by atoms with van der Waals surface area (Å²) < 4.78 is 45.0. The summed E-state index contributed by atoms with van der Waals surface area (Å²) in [6.45, 7) is 1.44. The zero-order valence-electron chi connectivity index (χ0n) is 16.8. The maximum Gasteiger partial charge on any atom is 0.141 e. The van der Waals surface area contributed by atoms with Gasteiger partial charge in [-0.2, -0.15) is 15.5 Å². The number of nitrogens with zero attached hydrogens (tertiary/aromatic N) is 6. The number of aliphatic hydroxyl groups is 1. The Morgan fingerprint density at radius 1 is 1.09 bits per heavy atom. The fourth-order valence-corrected chi connectivity index (χ4v) is 3.55. The van der Waals surface area contributed by atoms with E-state index in [4.69, 9.17) is 5.26 Å². The van der Waals surface area contributed by atoms with E-state index in [-0.39, 0.29) is 17.7 Å². The number of aromatic nitrogens is 5. The SMILES string of the molecule is CC(n1cc(-c2ccc(C#N)c(F)c2)cn1)C(O)(Cn1cncn1)c1ccc(F)cc1F. The van der Waals surface area contributed by atoms with Gasteiger partial charge in [0.2, 0.25) is 0 Å². The molecule has 2 aromatic heterocycles. The third kappa shape index (κ3) is 3.86. The molecule has 7 nitrogen and oxygen atoms in total. The summed E-state index contributed by atoms with van der Waals surface area (Å²) in [6, 6.07) is 8.01. The van der Waals surface area contributed by atoms with Gasteiger partial charge in [-0.15, -0.1) is 0 Å². The molecule has 0 fully saturated rings. The van der Waals surface area contributed by atoms with Gasteiger partial charge in [0.15, 0.2) is 0 Å². The average molecular weight is 438 g/mol. The number of nitriles is 1. The van der Waals surface area contributed by atoms with Crippen LogP contribution in [-0.2, 0) is 12.1 Å². The van der Waals surface area contributed by atoms with Gasteiger partial charge in [-0.05, 0) is 30.7 Å². The monoisotopic (exact) mass is 438 g/mol. The van der Waals surface area contributed by atoms with Crippen LogP contribution in [0.2, 0.25) is 0 Å². The Kier molecular flexibility index (Phi) is 5.50. The van der Waals surface area contributed by atoms with Crippen molar-refractivity contribution in [1.29, 1.82) is 5.26 Å². The highest BCUT2D eigenvalue weighted by Crippen LogP contribution is 2.37. The van der Waals surface area contributed by atoms with Gasteiger partial charge in [0.25, 0.3) is 0 Å². The Bertz CT molecular complexity index is 1300. The van der Waals surface area contributed by atoms with Crippen molar-refractivity contribution < 1.29 is 18.3 Å². The van der Waals surface area contributed by atoms with Crippen LogP contribution in [0.25, 0.3) is 11.1 Å². The summed E-state index contributed by atoms with van der Waals surface area (Å²) in [4.78, 5) is 3.84. The van der Waals surface area contributed by atoms with Crippen LogP contribution in [0.1, 0.15) is 24.1 Å². The fourth-order valence-electron chi connectivity index (χ4n) is 3.55. The number of hydrogen-bond donors (Lipinski definition) is 1. The van der Waals surface area contributed by atoms with Crippen LogP contribution < -0.4 is 0 Å². The van der Waals surface area contributed by atoms with E-state index in [1.54, 1.807) is 25.3 Å². The van der Waals surface area contributed by atoms with Crippen LogP contribution in [-0.4, -0.2) is 29.7 Å². The molecule has 0 radical (unpaired) electrons. The molecule has 0 amide bonds. The van der Waals surface area contributed by atoms with Crippen molar-refractivity contribution in [2.45, 2.75) is 25.1 Å². The lowest BCUT2D eigenvalue weighted by Gasteiger charge is -2.34. The zero-order valence-corrected chi connectivity index (χ0v) is 16.8. The van der Waals surface area contributed by atoms with Crippen molar-refractivity contribution >= 4 is 0 Å². The molecule has 0 bridgehead atoms. The van der Waals surface area contributed by atoms with Crippen molar-refractivity contribution in [1.82, 2.24) is 24.5 Å². The van der Waals surface area contributed by atoms with E-state index in [0.29, 0.717) is 17.2 Å². The molecule has 0 aliphatic rings. The zero-order chi connectivity index (χ0) is 22.9. The minimum atomic E-state index is -1.88. The molecule has 1 N–H and O–H groups in total. The lowest BCUT2D eigenvalue weighted by molar-refractivity contribution is -0.0368. The molecular formula is C22H17F3N6O. The van der Waals surface area contributed by atoms with Gasteiger partial charge in [-0.25, -0.2) is 22.8 Å². The van der Waals surface area contributed by atoms with E-state index >= 15 is 0 Å². The second-order valence-electron chi connectivity index (χ2n) is 7.33. The van der Waals surface area contributed by atoms with Crippen molar-refractivity contribution in [2.24, 2.45) is 0 Å². The van der Waals surface area contributed by atoms with E-state index in [2.05, 4.69) is 15.2 Å². The minimum absolute atomic E-state index is 0.0801. The van der Waals surface area contributed by atoms with Gasteiger partial charge < -0.3 is 5.11 Å². The number of rotatable bonds is 6. The second kappa shape index (κ2) is 8.28. The Hall–Kier alpha value is -3.97. The molecule has 4 rings (SSSR count). The third-order valence-electron chi connectivity index (χ3n) is 5.38. The van der Waals surface area contributed by atoms with Crippen LogP contribution in [0.5, 0.6) is 0 Å². The first kappa shape index (κ1) is 21.3. The van der Waals surface area contributed by atoms with Gasteiger partial charge in [-0.1, -0.05) is 12.1 Å². The highest BCUT2D eigenvalue weighted by molar-refractivity contribution is 5.63. The summed E-state index contributed by atoms with van der Waals surface area (Å²) >= 11 is 0. The molecule has 0 saturated carbocycles. The molecule has 32 heavy (non-hydrogen) atoms. The van der Waals surface area contributed by atoms with E-state index in [0.717, 1.165) is 6.07 Å². The molecule has 0 aliphatic carbocycles. The lowest BCUT2D eigenvalue weighted by Crippen LogP contribution is -2.40. The smallest absolute Gasteiger partial charge is 0.141 e. The van der Waals surface area contributed by atoms with E-state index in [1.165, 1.54) is 46.4 Å². The summed E-state index contributed by atoms with van der Waals surface area (Å²) in [7, 11) is 0. The maximum absolute atomic E-state index is 14.7. The van der Waals surface area contributed by atoms with Gasteiger partial charge in [0.05, 0.1) is 24.3 Å². The minimum Gasteiger partial charge on any atom is -0.381 e. The first-order chi connectivity index (χ1) is 15.3. The van der Waals surface area contributed by atoms with E-state index in [1.807, 2.05) is 0 Å². The van der Waals surface area contributed by atoms with Crippen molar-refractivity contribution in [3.63, 3.8) is 0 Å². The Morgan fingerprint density at radius 3 is 2.56 bits per heavy atom. The molecule has 162 valence electrons. The molecule has 10 heteroatoms. The van der Waals surface area contributed by atoms with Crippen molar-refractivity contribution in [2.75, 3.05) is 0 Å². The second-order valence-corrected chi connectivity index (χ2v) is 7.33. The Balaban J connectivity index is 1.74. The average Bonchev–Trinajstić information content (AvgIpc) is 3.45. The Morgan fingerprint density at radius 2 is 1.91 bits per heavy atom. The highest BCUT2D eigenvalue weighted by Gasteiger charge is 2.40. The third-order valence-corrected chi connectivity index (χ3v) is 5.38. The molecule has 2 aromatic carbocycles. The molecule has 2 unspecified atom stereocenters. The predicted molar refractivity (Wildman–Crippen MR) is 107 cm³/mol. The standard InChI is InChI=1S/C22H17F3N6O/c1-14(31-10-17(9-28-31)15-2-3-16(8-26)20(24)6-15)22(32,11-30-13-27-12-29-30)19-5-4-18(23)7-21(19)25/h2-7,9-10,12-14,32H,11H2,1H3. The molecule has 0 aliphatic heterocycles. The molecular weight excluding hydrogens is 421 g/mol. The number of benzene rings is 2. The normalized spacial score (nSPS) is 14.0. The summed E-state index contributed by atoms with van der Waals surface area (Å²) in [5.74, 6) is -2.35. The first-order valence-corrected chi connectivity index (χ1v) is 9.56. The van der Waals surface area contributed by atoms with Gasteiger partial charge in [-0.3, -0.25) is 4.68 Å². The van der Waals surface area contributed by atoms with Crippen molar-refractivity contribution in [3.8, 4) is 17.2 Å². The van der Waals surface area contributed by atoms with Gasteiger partial charge in [0.1, 0.15) is 41.8 Å². The number of hydrogen-bond acceptors (Lipinski definition) is 5. The molecule has 4 aromatic rings. The fraction of sp³-hybridized carbons (Fsp3) is 0.182. The summed E-state index contributed by atoms with van der Waals surface area (Å²) in [5, 5.41) is 28.8. The maximum atomic E-state index is 14.7. The quantitative estimate of drug-likeness (QED) is 0.497. The summed E-state index contributed by atoms with van der Waals surface area (Å²) in [5.41, 5.74) is -1.09. The lowest BCUT2D eigenvalue weighted by atomic mass is 9.86. The first-order valence-electron chi connectivity index (χ1n) is 9.56. The van der Waals surface area contributed by atoms with Crippen LogP contribution in [0, 0.1) is 28.8 Å². The van der Waals surface area contributed by atoms with Gasteiger partial charge >= 0.3 is 0 Å². The van der Waals surface area contributed by atoms with Crippen LogP contribution in [0.3, 0.4) is 0 Å². The van der Waals surface area contributed by atoms with E-state index in [9.17, 15) is 18.3 Å². The molecule has 0 spiro atoms. The van der Waals surface area contributed by atoms with Crippen LogP contribution >= 0.6 is 0 Å². The molecule has 0 saturated heterocycles. The van der Waals surface area contributed by atoms with Crippen molar-refractivity contribution in [3.05, 3.63) is 90.0 Å². The molecule has 2 atom stereocenters. The predicted octanol–water partition coefficient (Wildman–Crippen LogP) is 3.58. The summed E-state index contributed by atoms with van der Waals surface area (Å²) in [6.07, 6.45) is 5.68. The number of halogens is 3. The largest absolute Gasteiger partial charge is 0.381 e. The van der Waals surface area contributed by atoms with Crippen LogP contribution in [0.4, 0.5) is 13.2 Å². The Labute approximate surface area is 181 Å². The van der Waals surface area contributed by atoms with E-state index < -0.39 is 29.1 Å². The highest BCUT2D eigenvalue weighted by atomic mass is 19.1. The van der Waals surface area contributed by atoms with Crippen LogP contribution in [0.15, 0.2) is 61.4 Å². The topological polar surface area (TPSA) is 92.6 Å².